The number of piperidine rings is 1. The molecule has 23 heavy (non-hydrogen) atoms. The highest BCUT2D eigenvalue weighted by Gasteiger charge is 2.45. The van der Waals surface area contributed by atoms with Gasteiger partial charge in [0.2, 0.25) is 0 Å². The Bertz CT molecular complexity index is 739. The van der Waals surface area contributed by atoms with Gasteiger partial charge in [-0.2, -0.15) is 0 Å². The van der Waals surface area contributed by atoms with Crippen LogP contribution in [0.4, 0.5) is 0 Å². The molecule has 0 aliphatic carbocycles. The summed E-state index contributed by atoms with van der Waals surface area (Å²) >= 11 is 0. The van der Waals surface area contributed by atoms with Gasteiger partial charge in [-0.15, -0.1) is 0 Å². The topological polar surface area (TPSA) is 67.2 Å². The Balaban J connectivity index is 1.89. The van der Waals surface area contributed by atoms with Crippen LogP contribution in [0.15, 0.2) is 47.5 Å². The molecule has 5 nitrogen and oxygen atoms in total. The molecule has 1 atom stereocenters. The first kappa shape index (κ1) is 15.9. The van der Waals surface area contributed by atoms with Crippen LogP contribution in [0.2, 0.25) is 0 Å². The summed E-state index contributed by atoms with van der Waals surface area (Å²) in [6.07, 6.45) is 2.16. The highest BCUT2D eigenvalue weighted by atomic mass is 16.3. The molecule has 1 aliphatic rings. The van der Waals surface area contributed by atoms with Gasteiger partial charge in [0.05, 0.1) is 24.2 Å². The second-order valence-corrected chi connectivity index (χ2v) is 6.95. The maximum Gasteiger partial charge on any atom is 0.253 e. The molecule has 0 spiro atoms. The molecular weight excluding hydrogens is 290 g/mol. The number of nitrogens with one attached hydrogen (secondary N) is 1. The number of aliphatic hydroxyl groups is 1. The van der Waals surface area contributed by atoms with Crippen molar-refractivity contribution in [3.63, 3.8) is 0 Å². The summed E-state index contributed by atoms with van der Waals surface area (Å²) in [5.74, 6) is 0. The minimum Gasteiger partial charge on any atom is -0.387 e. The Kier molecular flexibility index (Phi) is 4.08. The first-order valence-corrected chi connectivity index (χ1v) is 7.96. The lowest BCUT2D eigenvalue weighted by Crippen LogP contribution is -2.58. The standard InChI is InChI=1S/C18H23N3O2/c1-17(2)11-19-9-8-18(17,23)12-21-13-20-15(10-16(21)22)14-6-4-3-5-7-14/h3-7,10,13,19,23H,8-9,11-12H2,1-2H3/t18-/m1/s1. The third-order valence-electron chi connectivity index (χ3n) is 4.92. The second-order valence-electron chi connectivity index (χ2n) is 6.95. The van der Waals surface area contributed by atoms with E-state index in [1.165, 1.54) is 10.6 Å². The molecule has 1 saturated heterocycles. The van der Waals surface area contributed by atoms with E-state index in [2.05, 4.69) is 10.3 Å². The molecule has 122 valence electrons. The fourth-order valence-electron chi connectivity index (χ4n) is 3.09. The summed E-state index contributed by atoms with van der Waals surface area (Å²) in [5, 5.41) is 14.3. The Hall–Kier alpha value is -1.98. The van der Waals surface area contributed by atoms with E-state index in [0.717, 1.165) is 18.7 Å². The lowest BCUT2D eigenvalue weighted by atomic mass is 9.70. The third kappa shape index (κ3) is 3.07. The summed E-state index contributed by atoms with van der Waals surface area (Å²) in [5.41, 5.74) is 0.212. The van der Waals surface area contributed by atoms with Gasteiger partial charge in [0, 0.05) is 23.6 Å². The molecule has 1 aliphatic heterocycles. The Morgan fingerprint density at radius 3 is 2.70 bits per heavy atom. The van der Waals surface area contributed by atoms with E-state index in [1.54, 1.807) is 6.33 Å². The van der Waals surface area contributed by atoms with Crippen molar-refractivity contribution in [1.82, 2.24) is 14.9 Å². The van der Waals surface area contributed by atoms with Crippen LogP contribution in [-0.4, -0.2) is 33.3 Å². The second kappa shape index (κ2) is 5.91. The predicted molar refractivity (Wildman–Crippen MR) is 90.2 cm³/mol. The lowest BCUT2D eigenvalue weighted by molar-refractivity contribution is -0.0999. The van der Waals surface area contributed by atoms with E-state index in [9.17, 15) is 9.90 Å². The minimum atomic E-state index is -0.919. The highest BCUT2D eigenvalue weighted by Crippen LogP contribution is 2.36. The fourth-order valence-corrected chi connectivity index (χ4v) is 3.09. The van der Waals surface area contributed by atoms with Crippen molar-refractivity contribution in [1.29, 1.82) is 0 Å². The van der Waals surface area contributed by atoms with Gasteiger partial charge in [-0.25, -0.2) is 4.98 Å². The van der Waals surface area contributed by atoms with Gasteiger partial charge >= 0.3 is 0 Å². The van der Waals surface area contributed by atoms with Gasteiger partial charge in [0.25, 0.3) is 5.56 Å². The van der Waals surface area contributed by atoms with Crippen molar-refractivity contribution in [2.24, 2.45) is 5.41 Å². The van der Waals surface area contributed by atoms with Crippen molar-refractivity contribution in [2.75, 3.05) is 13.1 Å². The number of nitrogens with zero attached hydrogens (tertiary/aromatic N) is 2. The molecular formula is C18H23N3O2. The molecule has 1 aromatic heterocycles. The van der Waals surface area contributed by atoms with Crippen LogP contribution < -0.4 is 10.9 Å². The SMILES string of the molecule is CC1(C)CNCC[C@@]1(O)Cn1cnc(-c2ccccc2)cc1=O. The molecule has 0 unspecified atom stereocenters. The normalized spacial score (nSPS) is 23.6. The molecule has 0 radical (unpaired) electrons. The van der Waals surface area contributed by atoms with Crippen molar-refractivity contribution in [3.8, 4) is 11.3 Å². The zero-order valence-corrected chi connectivity index (χ0v) is 13.6. The van der Waals surface area contributed by atoms with Crippen LogP contribution in [0.3, 0.4) is 0 Å². The van der Waals surface area contributed by atoms with E-state index in [1.807, 2.05) is 44.2 Å². The summed E-state index contributed by atoms with van der Waals surface area (Å²) in [6.45, 7) is 5.80. The Morgan fingerprint density at radius 1 is 1.30 bits per heavy atom. The van der Waals surface area contributed by atoms with Gasteiger partial charge in [0.1, 0.15) is 0 Å². The van der Waals surface area contributed by atoms with Crippen molar-refractivity contribution in [3.05, 3.63) is 53.1 Å². The molecule has 1 fully saturated rings. The van der Waals surface area contributed by atoms with Crippen LogP contribution in [-0.2, 0) is 6.54 Å². The summed E-state index contributed by atoms with van der Waals surface area (Å²) in [7, 11) is 0. The molecule has 2 aromatic rings. The summed E-state index contributed by atoms with van der Waals surface area (Å²) in [4.78, 5) is 16.8. The quantitative estimate of drug-likeness (QED) is 0.904. The maximum atomic E-state index is 12.4. The average Bonchev–Trinajstić information content (AvgIpc) is 2.53. The highest BCUT2D eigenvalue weighted by molar-refractivity contribution is 5.57. The van der Waals surface area contributed by atoms with Crippen LogP contribution in [0.25, 0.3) is 11.3 Å². The first-order chi connectivity index (χ1) is 10.9. The smallest absolute Gasteiger partial charge is 0.253 e. The minimum absolute atomic E-state index is 0.137. The number of benzene rings is 1. The number of rotatable bonds is 3. The van der Waals surface area contributed by atoms with Crippen LogP contribution in [0, 0.1) is 5.41 Å². The fraction of sp³-hybridized carbons (Fsp3) is 0.444. The van der Waals surface area contributed by atoms with Gasteiger partial charge in [-0.05, 0) is 13.0 Å². The zero-order chi connectivity index (χ0) is 16.5. The lowest BCUT2D eigenvalue weighted by Gasteiger charge is -2.46. The number of hydrogen-bond donors (Lipinski definition) is 2. The van der Waals surface area contributed by atoms with E-state index in [0.29, 0.717) is 12.1 Å². The Labute approximate surface area is 136 Å². The zero-order valence-electron chi connectivity index (χ0n) is 13.6. The molecule has 0 saturated carbocycles. The number of hydrogen-bond acceptors (Lipinski definition) is 4. The maximum absolute atomic E-state index is 12.4. The van der Waals surface area contributed by atoms with E-state index < -0.39 is 5.60 Å². The number of aromatic nitrogens is 2. The van der Waals surface area contributed by atoms with E-state index >= 15 is 0 Å². The van der Waals surface area contributed by atoms with Crippen LogP contribution in [0.5, 0.6) is 0 Å². The van der Waals surface area contributed by atoms with Crippen molar-refractivity contribution in [2.45, 2.75) is 32.4 Å². The third-order valence-corrected chi connectivity index (χ3v) is 4.92. The van der Waals surface area contributed by atoms with Crippen LogP contribution in [0.1, 0.15) is 20.3 Å². The van der Waals surface area contributed by atoms with Gasteiger partial charge in [-0.3, -0.25) is 9.36 Å². The predicted octanol–water partition coefficient (Wildman–Crippen LogP) is 1.66. The molecule has 3 rings (SSSR count). The van der Waals surface area contributed by atoms with Crippen molar-refractivity contribution >= 4 is 0 Å². The first-order valence-electron chi connectivity index (χ1n) is 7.96. The molecule has 0 bridgehead atoms. The molecule has 0 amide bonds. The average molecular weight is 313 g/mol. The monoisotopic (exact) mass is 313 g/mol. The van der Waals surface area contributed by atoms with Crippen LogP contribution >= 0.6 is 0 Å². The summed E-state index contributed by atoms with van der Waals surface area (Å²) in [6, 6.07) is 11.2. The van der Waals surface area contributed by atoms with Crippen molar-refractivity contribution < 1.29 is 5.11 Å². The molecule has 2 N–H and O–H groups in total. The summed E-state index contributed by atoms with van der Waals surface area (Å²) < 4.78 is 1.51. The molecule has 1 aromatic carbocycles. The van der Waals surface area contributed by atoms with E-state index in [4.69, 9.17) is 0 Å². The largest absolute Gasteiger partial charge is 0.387 e. The van der Waals surface area contributed by atoms with E-state index in [-0.39, 0.29) is 17.5 Å². The Morgan fingerprint density at radius 2 is 2.04 bits per heavy atom. The van der Waals surface area contributed by atoms with Gasteiger partial charge in [-0.1, -0.05) is 44.2 Å². The molecule has 5 heteroatoms. The van der Waals surface area contributed by atoms with Gasteiger partial charge < -0.3 is 10.4 Å². The van der Waals surface area contributed by atoms with Gasteiger partial charge in [0.15, 0.2) is 0 Å². The molecule has 2 heterocycles.